The predicted octanol–water partition coefficient (Wildman–Crippen LogP) is 5.00. The summed E-state index contributed by atoms with van der Waals surface area (Å²) in [6.45, 7) is 4.61. The third-order valence-electron chi connectivity index (χ3n) is 7.64. The van der Waals surface area contributed by atoms with Crippen molar-refractivity contribution < 1.29 is 31.4 Å². The second kappa shape index (κ2) is 10.1. The van der Waals surface area contributed by atoms with Crippen molar-refractivity contribution in [1.82, 2.24) is 15.1 Å². The molecule has 1 aliphatic carbocycles. The number of rotatable bonds is 6. The van der Waals surface area contributed by atoms with Crippen molar-refractivity contribution in [2.24, 2.45) is 17.8 Å². The van der Waals surface area contributed by atoms with Crippen LogP contribution in [0.3, 0.4) is 0 Å². The number of nitrogens with one attached hydrogen (secondary N) is 1. The molecule has 1 saturated carbocycles. The van der Waals surface area contributed by atoms with E-state index in [2.05, 4.69) is 20.4 Å². The quantitative estimate of drug-likeness (QED) is 0.550. The van der Waals surface area contributed by atoms with Crippen molar-refractivity contribution in [2.45, 2.75) is 37.9 Å². The van der Waals surface area contributed by atoms with Gasteiger partial charge in [-0.1, -0.05) is 0 Å². The van der Waals surface area contributed by atoms with Crippen molar-refractivity contribution >= 4 is 5.82 Å². The normalized spacial score (nSPS) is 25.2. The largest absolute Gasteiger partial charge is 0.494 e. The highest BCUT2D eigenvalue weighted by atomic mass is 19.4. The van der Waals surface area contributed by atoms with Crippen molar-refractivity contribution in [3.63, 3.8) is 0 Å². The lowest BCUT2D eigenvalue weighted by Gasteiger charge is -2.28. The Labute approximate surface area is 206 Å². The number of fused-ring (bicyclic) bond motifs is 1. The van der Waals surface area contributed by atoms with Gasteiger partial charge in [0, 0.05) is 50.5 Å². The van der Waals surface area contributed by atoms with E-state index in [0.29, 0.717) is 23.8 Å². The molecule has 2 aliphatic heterocycles. The molecule has 11 heteroatoms. The fourth-order valence-corrected chi connectivity index (χ4v) is 5.88. The summed E-state index contributed by atoms with van der Waals surface area (Å²) in [6.07, 6.45) is -1.07. The van der Waals surface area contributed by atoms with Gasteiger partial charge >= 0.3 is 6.18 Å². The Morgan fingerprint density at radius 3 is 2.36 bits per heavy atom. The number of aromatic nitrogens is 2. The molecule has 0 spiro atoms. The van der Waals surface area contributed by atoms with E-state index in [1.54, 1.807) is 0 Å². The minimum absolute atomic E-state index is 0.151. The van der Waals surface area contributed by atoms with Gasteiger partial charge in [-0.3, -0.25) is 0 Å². The number of halogens is 5. The maximum atomic E-state index is 14.4. The number of alkyl halides is 3. The highest BCUT2D eigenvalue weighted by Crippen LogP contribution is 2.42. The van der Waals surface area contributed by atoms with Crippen LogP contribution >= 0.6 is 0 Å². The zero-order valence-corrected chi connectivity index (χ0v) is 20.0. The number of anilines is 1. The molecule has 1 aromatic carbocycles. The molecule has 1 aromatic heterocycles. The minimum atomic E-state index is -4.75. The van der Waals surface area contributed by atoms with Crippen molar-refractivity contribution in [3.05, 3.63) is 35.4 Å². The summed E-state index contributed by atoms with van der Waals surface area (Å²) in [4.78, 5) is 2.49. The van der Waals surface area contributed by atoms with E-state index in [-0.39, 0.29) is 17.6 Å². The van der Waals surface area contributed by atoms with E-state index in [9.17, 15) is 22.0 Å². The molecular weight excluding hydrogens is 483 g/mol. The summed E-state index contributed by atoms with van der Waals surface area (Å²) < 4.78 is 80.4. The molecule has 3 aliphatic rings. The fourth-order valence-electron chi connectivity index (χ4n) is 5.88. The van der Waals surface area contributed by atoms with Crippen LogP contribution in [0.25, 0.3) is 11.3 Å². The van der Waals surface area contributed by atoms with E-state index in [0.717, 1.165) is 70.7 Å². The number of hydrogen-bond donors (Lipinski definition) is 1. The van der Waals surface area contributed by atoms with Crippen LogP contribution < -0.4 is 10.1 Å². The Bertz CT molecular complexity index is 1080. The monoisotopic (exact) mass is 512 g/mol. The van der Waals surface area contributed by atoms with E-state index < -0.39 is 34.6 Å². The molecule has 1 N–H and O–H groups in total. The lowest BCUT2D eigenvalue weighted by molar-refractivity contribution is -0.137. The van der Waals surface area contributed by atoms with Gasteiger partial charge in [0.2, 0.25) is 0 Å². The number of hydrogen-bond acceptors (Lipinski definition) is 6. The lowest BCUT2D eigenvalue weighted by atomic mass is 10.00. The van der Waals surface area contributed by atoms with Gasteiger partial charge in [0.1, 0.15) is 11.4 Å². The third-order valence-corrected chi connectivity index (χ3v) is 7.64. The van der Waals surface area contributed by atoms with Gasteiger partial charge in [-0.05, 0) is 55.6 Å². The maximum Gasteiger partial charge on any atom is 0.420 e. The maximum absolute atomic E-state index is 14.4. The Balaban J connectivity index is 1.28. The van der Waals surface area contributed by atoms with Crippen LogP contribution in [-0.2, 0) is 10.9 Å². The summed E-state index contributed by atoms with van der Waals surface area (Å²) in [5, 5.41) is 10.5. The predicted molar refractivity (Wildman–Crippen MR) is 123 cm³/mol. The average molecular weight is 513 g/mol. The molecule has 3 heterocycles. The van der Waals surface area contributed by atoms with Gasteiger partial charge in [0.25, 0.3) is 0 Å². The number of benzene rings is 1. The van der Waals surface area contributed by atoms with Crippen LogP contribution in [0.4, 0.5) is 27.8 Å². The van der Waals surface area contributed by atoms with Crippen LogP contribution in [0.15, 0.2) is 18.2 Å². The first-order chi connectivity index (χ1) is 17.2. The van der Waals surface area contributed by atoms with E-state index >= 15 is 0 Å². The van der Waals surface area contributed by atoms with E-state index in [1.165, 1.54) is 7.11 Å². The molecule has 36 heavy (non-hydrogen) atoms. The summed E-state index contributed by atoms with van der Waals surface area (Å²) in [7, 11) is 1.17. The molecule has 5 rings (SSSR count). The fraction of sp³-hybridized carbons (Fsp3) is 0.600. The summed E-state index contributed by atoms with van der Waals surface area (Å²) in [6, 6.07) is 2.09. The van der Waals surface area contributed by atoms with Gasteiger partial charge < -0.3 is 19.7 Å². The summed E-state index contributed by atoms with van der Waals surface area (Å²) in [5.41, 5.74) is -1.88. The van der Waals surface area contributed by atoms with Crippen LogP contribution in [0.2, 0.25) is 0 Å². The van der Waals surface area contributed by atoms with Crippen LogP contribution in [0.5, 0.6) is 5.75 Å². The molecular formula is C25H29F5N4O2. The Hall–Kier alpha value is -2.53. The summed E-state index contributed by atoms with van der Waals surface area (Å²) in [5.74, 6) is -1.08. The van der Waals surface area contributed by atoms with Gasteiger partial charge in [0.15, 0.2) is 17.4 Å². The van der Waals surface area contributed by atoms with Crippen LogP contribution in [-0.4, -0.2) is 61.1 Å². The molecule has 0 bridgehead atoms. The highest BCUT2D eigenvalue weighted by molar-refractivity contribution is 5.64. The van der Waals surface area contributed by atoms with Gasteiger partial charge in [0.05, 0.1) is 12.8 Å². The topological polar surface area (TPSA) is 59.5 Å². The van der Waals surface area contributed by atoms with Gasteiger partial charge in [-0.2, -0.15) is 13.2 Å². The number of nitrogens with zero attached hydrogens (tertiary/aromatic N) is 3. The molecule has 0 amide bonds. The van der Waals surface area contributed by atoms with E-state index in [4.69, 9.17) is 9.47 Å². The molecule has 2 aromatic rings. The second-order valence-corrected chi connectivity index (χ2v) is 10.1. The molecule has 3 atom stereocenters. The zero-order chi connectivity index (χ0) is 25.4. The average Bonchev–Trinajstić information content (AvgIpc) is 3.38. The summed E-state index contributed by atoms with van der Waals surface area (Å²) >= 11 is 0. The molecule has 6 nitrogen and oxygen atoms in total. The second-order valence-electron chi connectivity index (χ2n) is 10.1. The molecule has 0 radical (unpaired) electrons. The standard InChI is InChI=1S/C25H29F5N4O2/c1-35-23-10-20(26)18(8-21(23)27)22-9-19(25(28,29)30)24(33-32-22)31-17-6-15-12-34(13-16(15)7-17)11-14-2-4-36-5-3-14/h8-10,14-17H,2-7,11-13H2,1H3,(H,31,33)/t15-,16+,17?. The lowest BCUT2D eigenvalue weighted by Crippen LogP contribution is -2.32. The van der Waals surface area contributed by atoms with Crippen LogP contribution in [0, 0.1) is 29.4 Å². The highest BCUT2D eigenvalue weighted by Gasteiger charge is 2.43. The van der Waals surface area contributed by atoms with Crippen molar-refractivity contribution in [2.75, 3.05) is 45.3 Å². The smallest absolute Gasteiger partial charge is 0.420 e. The number of likely N-dealkylation sites (tertiary alicyclic amines) is 1. The number of methoxy groups -OCH3 is 1. The Morgan fingerprint density at radius 2 is 1.72 bits per heavy atom. The minimum Gasteiger partial charge on any atom is -0.494 e. The third kappa shape index (κ3) is 5.27. The Morgan fingerprint density at radius 1 is 1.03 bits per heavy atom. The zero-order valence-electron chi connectivity index (χ0n) is 20.0. The number of ether oxygens (including phenoxy) is 2. The molecule has 2 saturated heterocycles. The van der Waals surface area contributed by atoms with E-state index in [1.807, 2.05) is 0 Å². The first-order valence-corrected chi connectivity index (χ1v) is 12.3. The molecule has 1 unspecified atom stereocenters. The SMILES string of the molecule is COc1cc(F)c(-c2cc(C(F)(F)F)c(NC3C[C@@H]4CN(CC5CCOCC5)C[C@@H]4C3)nn2)cc1F. The van der Waals surface area contributed by atoms with Gasteiger partial charge in [-0.25, -0.2) is 8.78 Å². The molecule has 3 fully saturated rings. The van der Waals surface area contributed by atoms with Crippen LogP contribution in [0.1, 0.15) is 31.2 Å². The van der Waals surface area contributed by atoms with Crippen molar-refractivity contribution in [1.29, 1.82) is 0 Å². The van der Waals surface area contributed by atoms with Crippen molar-refractivity contribution in [3.8, 4) is 17.0 Å². The first kappa shape index (κ1) is 25.1. The molecule has 196 valence electrons. The Kier molecular flexibility index (Phi) is 7.04. The van der Waals surface area contributed by atoms with Gasteiger partial charge in [-0.15, -0.1) is 10.2 Å². The first-order valence-electron chi connectivity index (χ1n) is 12.3.